The molecule has 0 fully saturated rings. The van der Waals surface area contributed by atoms with E-state index in [-0.39, 0.29) is 29.5 Å². The van der Waals surface area contributed by atoms with Crippen LogP contribution in [-0.2, 0) is 28.7 Å². The van der Waals surface area contributed by atoms with Gasteiger partial charge in [-0.15, -0.1) is 0 Å². The highest BCUT2D eigenvalue weighted by molar-refractivity contribution is 7.90. The van der Waals surface area contributed by atoms with E-state index in [0.717, 1.165) is 11.3 Å². The number of imidazole rings is 1. The number of hydrogen-bond donors (Lipinski definition) is 1. The van der Waals surface area contributed by atoms with Crippen LogP contribution in [0.15, 0.2) is 41.7 Å². The van der Waals surface area contributed by atoms with E-state index in [0.29, 0.717) is 19.6 Å². The molecule has 0 saturated heterocycles. The Morgan fingerprint density at radius 2 is 1.81 bits per heavy atom. The molecule has 1 aromatic carbocycles. The number of nitrogens with zero attached hydrogens (tertiary/aromatic N) is 3. The van der Waals surface area contributed by atoms with E-state index in [1.54, 1.807) is 6.20 Å². The Morgan fingerprint density at radius 1 is 1.15 bits per heavy atom. The standard InChI is InChI=1S/C20H31N3O3S/c1-16(2)13-23-19(14-22(10-11-24)17(3)4)12-21-20(23)27(25,26)15-18-8-6-5-7-9-18/h5-9,12,16-17,24H,10-11,13-15H2,1-4H3. The number of hydrogen-bond acceptors (Lipinski definition) is 5. The number of aliphatic hydroxyl groups is 1. The van der Waals surface area contributed by atoms with Crippen LogP contribution >= 0.6 is 0 Å². The van der Waals surface area contributed by atoms with Gasteiger partial charge in [0.05, 0.1) is 24.3 Å². The summed E-state index contributed by atoms with van der Waals surface area (Å²) in [4.78, 5) is 6.41. The van der Waals surface area contributed by atoms with E-state index in [1.165, 1.54) is 0 Å². The maximum atomic E-state index is 13.0. The molecule has 0 saturated carbocycles. The monoisotopic (exact) mass is 393 g/mol. The third-order valence-corrected chi connectivity index (χ3v) is 6.01. The highest BCUT2D eigenvalue weighted by Gasteiger charge is 2.25. The molecule has 1 aromatic heterocycles. The maximum absolute atomic E-state index is 13.0. The fourth-order valence-corrected chi connectivity index (χ4v) is 4.54. The highest BCUT2D eigenvalue weighted by atomic mass is 32.2. The van der Waals surface area contributed by atoms with Crippen LogP contribution in [-0.4, -0.2) is 47.2 Å². The lowest BCUT2D eigenvalue weighted by atomic mass is 10.2. The predicted molar refractivity (Wildman–Crippen MR) is 107 cm³/mol. The van der Waals surface area contributed by atoms with Crippen molar-refractivity contribution in [1.82, 2.24) is 14.5 Å². The first kappa shape index (κ1) is 21.6. The van der Waals surface area contributed by atoms with Gasteiger partial charge in [0.25, 0.3) is 0 Å². The minimum absolute atomic E-state index is 0.0626. The third kappa shape index (κ3) is 5.89. The maximum Gasteiger partial charge on any atom is 0.228 e. The molecule has 2 aromatic rings. The highest BCUT2D eigenvalue weighted by Crippen LogP contribution is 2.20. The lowest BCUT2D eigenvalue weighted by Gasteiger charge is -2.26. The molecule has 0 spiro atoms. The molecule has 0 radical (unpaired) electrons. The van der Waals surface area contributed by atoms with Crippen molar-refractivity contribution in [3.8, 4) is 0 Å². The second kappa shape index (κ2) is 9.48. The van der Waals surface area contributed by atoms with Crippen LogP contribution in [0.1, 0.15) is 39.0 Å². The third-order valence-electron chi connectivity index (χ3n) is 4.41. The Kier molecular flexibility index (Phi) is 7.59. The zero-order valence-corrected chi connectivity index (χ0v) is 17.5. The largest absolute Gasteiger partial charge is 0.395 e. The number of rotatable bonds is 10. The molecule has 0 bridgehead atoms. The molecular weight excluding hydrogens is 362 g/mol. The molecule has 1 heterocycles. The smallest absolute Gasteiger partial charge is 0.228 e. The van der Waals surface area contributed by atoms with Gasteiger partial charge in [0.15, 0.2) is 0 Å². The van der Waals surface area contributed by atoms with Crippen LogP contribution in [0.2, 0.25) is 0 Å². The molecule has 0 aliphatic carbocycles. The quantitative estimate of drug-likeness (QED) is 0.672. The summed E-state index contributed by atoms with van der Waals surface area (Å²) in [5.74, 6) is 0.224. The van der Waals surface area contributed by atoms with Gasteiger partial charge in [-0.1, -0.05) is 44.2 Å². The topological polar surface area (TPSA) is 75.4 Å². The zero-order chi connectivity index (χ0) is 20.0. The van der Waals surface area contributed by atoms with Gasteiger partial charge in [0, 0.05) is 25.7 Å². The number of benzene rings is 1. The molecular formula is C20H31N3O3S. The SMILES string of the molecule is CC(C)Cn1c(CN(CCO)C(C)C)cnc1S(=O)(=O)Cc1ccccc1. The van der Waals surface area contributed by atoms with E-state index >= 15 is 0 Å². The van der Waals surface area contributed by atoms with Gasteiger partial charge in [-0.25, -0.2) is 13.4 Å². The van der Waals surface area contributed by atoms with E-state index in [4.69, 9.17) is 0 Å². The van der Waals surface area contributed by atoms with Crippen LogP contribution in [0.3, 0.4) is 0 Å². The molecule has 0 amide bonds. The van der Waals surface area contributed by atoms with E-state index in [2.05, 4.69) is 37.6 Å². The van der Waals surface area contributed by atoms with Gasteiger partial charge in [0.2, 0.25) is 15.0 Å². The van der Waals surface area contributed by atoms with Crippen LogP contribution in [0.25, 0.3) is 0 Å². The first-order chi connectivity index (χ1) is 12.7. The molecule has 0 aliphatic rings. The molecule has 6 nitrogen and oxygen atoms in total. The summed E-state index contributed by atoms with van der Waals surface area (Å²) in [6, 6.07) is 9.42. The summed E-state index contributed by atoms with van der Waals surface area (Å²) >= 11 is 0. The summed E-state index contributed by atoms with van der Waals surface area (Å²) in [7, 11) is -3.55. The van der Waals surface area contributed by atoms with Gasteiger partial charge >= 0.3 is 0 Å². The molecule has 150 valence electrons. The van der Waals surface area contributed by atoms with E-state index in [9.17, 15) is 13.5 Å². The molecule has 7 heteroatoms. The zero-order valence-electron chi connectivity index (χ0n) is 16.7. The van der Waals surface area contributed by atoms with Crippen molar-refractivity contribution in [1.29, 1.82) is 0 Å². The normalized spacial score (nSPS) is 12.4. The Morgan fingerprint density at radius 3 is 2.37 bits per heavy atom. The number of aromatic nitrogens is 2. The van der Waals surface area contributed by atoms with Crippen molar-refractivity contribution < 1.29 is 13.5 Å². The Bertz CT molecular complexity index is 814. The summed E-state index contributed by atoms with van der Waals surface area (Å²) in [5, 5.41) is 9.44. The van der Waals surface area contributed by atoms with Crippen molar-refractivity contribution in [3.05, 3.63) is 47.8 Å². The lowest BCUT2D eigenvalue weighted by molar-refractivity contribution is 0.155. The van der Waals surface area contributed by atoms with Crippen molar-refractivity contribution in [3.63, 3.8) is 0 Å². The first-order valence-electron chi connectivity index (χ1n) is 9.40. The molecule has 2 rings (SSSR count). The average molecular weight is 394 g/mol. The van der Waals surface area contributed by atoms with E-state index < -0.39 is 9.84 Å². The van der Waals surface area contributed by atoms with Gasteiger partial charge in [0.1, 0.15) is 0 Å². The Balaban J connectivity index is 2.37. The number of aliphatic hydroxyl groups excluding tert-OH is 1. The molecule has 0 atom stereocenters. The molecule has 0 aliphatic heterocycles. The Labute approximate surface area is 162 Å². The van der Waals surface area contributed by atoms with E-state index in [1.807, 2.05) is 34.9 Å². The number of sulfone groups is 1. The minimum Gasteiger partial charge on any atom is -0.395 e. The van der Waals surface area contributed by atoms with Gasteiger partial charge < -0.3 is 9.67 Å². The first-order valence-corrected chi connectivity index (χ1v) is 11.1. The lowest BCUT2D eigenvalue weighted by Crippen LogP contribution is -2.34. The average Bonchev–Trinajstić information content (AvgIpc) is 2.97. The summed E-state index contributed by atoms with van der Waals surface area (Å²) in [5.41, 5.74) is 1.61. The summed E-state index contributed by atoms with van der Waals surface area (Å²) < 4.78 is 27.9. The Hall–Kier alpha value is -1.70. The van der Waals surface area contributed by atoms with Crippen LogP contribution in [0, 0.1) is 5.92 Å². The van der Waals surface area contributed by atoms with Gasteiger partial charge in [-0.3, -0.25) is 4.90 Å². The van der Waals surface area contributed by atoms with Crippen molar-refractivity contribution >= 4 is 9.84 Å². The molecule has 0 unspecified atom stereocenters. The van der Waals surface area contributed by atoms with Crippen LogP contribution < -0.4 is 0 Å². The van der Waals surface area contributed by atoms with Gasteiger partial charge in [-0.05, 0) is 25.3 Å². The van der Waals surface area contributed by atoms with Crippen molar-refractivity contribution in [2.24, 2.45) is 5.92 Å². The fourth-order valence-electron chi connectivity index (χ4n) is 3.04. The predicted octanol–water partition coefficient (Wildman–Crippen LogP) is 2.72. The fraction of sp³-hybridized carbons (Fsp3) is 0.550. The summed E-state index contributed by atoms with van der Waals surface area (Å²) in [6.45, 7) is 9.99. The summed E-state index contributed by atoms with van der Waals surface area (Å²) in [6.07, 6.45) is 1.66. The van der Waals surface area contributed by atoms with Crippen molar-refractivity contribution in [2.45, 2.75) is 57.7 Å². The molecule has 1 N–H and O–H groups in total. The molecule has 27 heavy (non-hydrogen) atoms. The minimum atomic E-state index is -3.55. The second-order valence-corrected chi connectivity index (χ2v) is 9.45. The van der Waals surface area contributed by atoms with Crippen LogP contribution in [0.5, 0.6) is 0 Å². The van der Waals surface area contributed by atoms with Crippen LogP contribution in [0.4, 0.5) is 0 Å². The van der Waals surface area contributed by atoms with Crippen molar-refractivity contribution in [2.75, 3.05) is 13.2 Å². The second-order valence-electron chi connectivity index (χ2n) is 7.57. The van der Waals surface area contributed by atoms with Gasteiger partial charge in [-0.2, -0.15) is 0 Å².